The Morgan fingerprint density at radius 2 is 1.19 bits per heavy atom. The van der Waals surface area contributed by atoms with Crippen molar-refractivity contribution in [3.05, 3.63) is 58.7 Å². The number of aliphatic imine (C=N–C) groups is 2. The third-order valence-electron chi connectivity index (χ3n) is 3.73. The quantitative estimate of drug-likeness (QED) is 0.654. The van der Waals surface area contributed by atoms with E-state index in [9.17, 15) is 0 Å². The maximum Gasteiger partial charge on any atom is 0.101 e. The molecule has 0 saturated heterocycles. The maximum absolute atomic E-state index is 4.47. The van der Waals surface area contributed by atoms with Crippen molar-refractivity contribution in [3.63, 3.8) is 0 Å². The van der Waals surface area contributed by atoms with Gasteiger partial charge in [0.05, 0.1) is 11.4 Å². The Hall–Kier alpha value is -2.18. The van der Waals surface area contributed by atoms with Crippen molar-refractivity contribution in [1.82, 2.24) is 0 Å². The average Bonchev–Trinajstić information content (AvgIpc) is 2.50. The van der Waals surface area contributed by atoms with Gasteiger partial charge in [-0.25, -0.2) is 0 Å². The zero-order valence-electron chi connectivity index (χ0n) is 13.3. The molecular weight excluding hydrogens is 256 g/mol. The van der Waals surface area contributed by atoms with E-state index in [-0.39, 0.29) is 0 Å². The predicted molar refractivity (Wildman–Crippen MR) is 90.3 cm³/mol. The van der Waals surface area contributed by atoms with Crippen LogP contribution in [0.4, 0.5) is 11.4 Å². The van der Waals surface area contributed by atoms with E-state index in [1.165, 1.54) is 11.1 Å². The van der Waals surface area contributed by atoms with Crippen LogP contribution in [0.3, 0.4) is 0 Å². The largest absolute Gasteiger partial charge is 0.187 e. The second-order valence-electron chi connectivity index (χ2n) is 5.20. The van der Waals surface area contributed by atoms with Gasteiger partial charge in [-0.15, -0.1) is 0 Å². The van der Waals surface area contributed by atoms with Gasteiger partial charge in [-0.2, -0.15) is 9.98 Å². The molecule has 108 valence electrons. The van der Waals surface area contributed by atoms with Crippen LogP contribution in [0.15, 0.2) is 46.4 Å². The fraction of sp³-hybridized carbons (Fsp3) is 0.316. The summed E-state index contributed by atoms with van der Waals surface area (Å²) in [6.07, 6.45) is 1.93. The van der Waals surface area contributed by atoms with Crippen molar-refractivity contribution in [2.45, 2.75) is 40.5 Å². The Balaban J connectivity index is 2.43. The molecule has 2 rings (SSSR count). The Morgan fingerprint density at radius 3 is 1.57 bits per heavy atom. The molecule has 0 aliphatic carbocycles. The van der Waals surface area contributed by atoms with Gasteiger partial charge in [-0.1, -0.05) is 50.2 Å². The first-order valence-corrected chi connectivity index (χ1v) is 7.50. The van der Waals surface area contributed by atoms with E-state index in [1.54, 1.807) is 0 Å². The van der Waals surface area contributed by atoms with Crippen LogP contribution < -0.4 is 0 Å². The Bertz CT molecular complexity index is 635. The molecule has 0 aliphatic heterocycles. The van der Waals surface area contributed by atoms with Gasteiger partial charge in [0.25, 0.3) is 0 Å². The number of rotatable bonds is 4. The topological polar surface area (TPSA) is 24.7 Å². The summed E-state index contributed by atoms with van der Waals surface area (Å²) in [7, 11) is 0. The number of hydrogen-bond donors (Lipinski definition) is 0. The van der Waals surface area contributed by atoms with E-state index in [1.807, 2.05) is 0 Å². The zero-order valence-corrected chi connectivity index (χ0v) is 13.3. The molecule has 21 heavy (non-hydrogen) atoms. The highest BCUT2D eigenvalue weighted by Crippen LogP contribution is 2.25. The molecule has 0 aliphatic rings. The Morgan fingerprint density at radius 1 is 0.762 bits per heavy atom. The molecule has 0 bridgehead atoms. The van der Waals surface area contributed by atoms with Crippen molar-refractivity contribution in [3.8, 4) is 0 Å². The minimum absolute atomic E-state index is 0.965. The van der Waals surface area contributed by atoms with Crippen LogP contribution in [0.1, 0.15) is 36.1 Å². The van der Waals surface area contributed by atoms with Gasteiger partial charge in [0.2, 0.25) is 0 Å². The van der Waals surface area contributed by atoms with E-state index in [0.717, 1.165) is 35.3 Å². The highest BCUT2D eigenvalue weighted by molar-refractivity contribution is 5.65. The van der Waals surface area contributed by atoms with Gasteiger partial charge in [0.1, 0.15) is 6.01 Å². The molecule has 2 heteroatoms. The van der Waals surface area contributed by atoms with Gasteiger partial charge < -0.3 is 0 Å². The summed E-state index contributed by atoms with van der Waals surface area (Å²) in [5.74, 6) is 0. The summed E-state index contributed by atoms with van der Waals surface area (Å²) < 4.78 is 0. The van der Waals surface area contributed by atoms with Crippen LogP contribution in [-0.2, 0) is 12.8 Å². The van der Waals surface area contributed by atoms with E-state index in [4.69, 9.17) is 0 Å². The summed E-state index contributed by atoms with van der Waals surface area (Å²) in [5, 5.41) is 0. The smallest absolute Gasteiger partial charge is 0.101 e. The monoisotopic (exact) mass is 278 g/mol. The molecule has 0 radical (unpaired) electrons. The van der Waals surface area contributed by atoms with E-state index >= 15 is 0 Å². The average molecular weight is 278 g/mol. The van der Waals surface area contributed by atoms with Gasteiger partial charge in [-0.3, -0.25) is 0 Å². The maximum atomic E-state index is 4.47. The van der Waals surface area contributed by atoms with Gasteiger partial charge in [0.15, 0.2) is 0 Å². The lowest BCUT2D eigenvalue weighted by Crippen LogP contribution is -1.85. The molecule has 0 aromatic heterocycles. The van der Waals surface area contributed by atoms with Gasteiger partial charge in [0, 0.05) is 0 Å². The SMILES string of the molecule is CCc1cccc(C)c1N=C=Nc1c(C)cccc1CC. The Kier molecular flexibility index (Phi) is 5.08. The number of para-hydroxylation sites is 2. The molecule has 0 spiro atoms. The van der Waals surface area contributed by atoms with Crippen molar-refractivity contribution in [1.29, 1.82) is 0 Å². The minimum atomic E-state index is 0.965. The lowest BCUT2D eigenvalue weighted by atomic mass is 10.1. The first-order chi connectivity index (χ1) is 10.2. The van der Waals surface area contributed by atoms with Crippen molar-refractivity contribution in [2.24, 2.45) is 9.98 Å². The van der Waals surface area contributed by atoms with E-state index in [2.05, 4.69) is 80.1 Å². The molecule has 0 fully saturated rings. The molecule has 0 unspecified atom stereocenters. The number of aryl methyl sites for hydroxylation is 4. The van der Waals surface area contributed by atoms with Gasteiger partial charge >= 0.3 is 0 Å². The van der Waals surface area contributed by atoms with Crippen molar-refractivity contribution < 1.29 is 0 Å². The predicted octanol–water partition coefficient (Wildman–Crippen LogP) is 5.57. The number of benzene rings is 2. The van der Waals surface area contributed by atoms with Crippen LogP contribution in [0.5, 0.6) is 0 Å². The Labute approximate surface area is 127 Å². The normalized spacial score (nSPS) is 10.1. The highest BCUT2D eigenvalue weighted by atomic mass is 14.8. The molecule has 0 saturated carbocycles. The second kappa shape index (κ2) is 7.01. The molecule has 2 aromatic carbocycles. The van der Waals surface area contributed by atoms with E-state index < -0.39 is 0 Å². The van der Waals surface area contributed by atoms with Crippen LogP contribution >= 0.6 is 0 Å². The molecular formula is C19H22N2. The fourth-order valence-corrected chi connectivity index (χ4v) is 2.46. The third-order valence-corrected chi connectivity index (χ3v) is 3.73. The van der Waals surface area contributed by atoms with Crippen molar-refractivity contribution in [2.75, 3.05) is 0 Å². The van der Waals surface area contributed by atoms with Crippen LogP contribution in [0, 0.1) is 13.8 Å². The van der Waals surface area contributed by atoms with Crippen LogP contribution in [0.25, 0.3) is 0 Å². The molecule has 2 aromatic rings. The second-order valence-corrected chi connectivity index (χ2v) is 5.20. The molecule has 0 N–H and O–H groups in total. The van der Waals surface area contributed by atoms with Gasteiger partial charge in [-0.05, 0) is 48.9 Å². The molecule has 0 heterocycles. The fourth-order valence-electron chi connectivity index (χ4n) is 2.46. The summed E-state index contributed by atoms with van der Waals surface area (Å²) in [5.41, 5.74) is 6.79. The number of hydrogen-bond acceptors (Lipinski definition) is 2. The third kappa shape index (κ3) is 3.48. The van der Waals surface area contributed by atoms with E-state index in [0.29, 0.717) is 0 Å². The summed E-state index contributed by atoms with van der Waals surface area (Å²) in [6.45, 7) is 8.43. The number of nitrogens with zero attached hydrogens (tertiary/aromatic N) is 2. The summed E-state index contributed by atoms with van der Waals surface area (Å²) in [6, 6.07) is 15.4. The first-order valence-electron chi connectivity index (χ1n) is 7.50. The van der Waals surface area contributed by atoms with Crippen LogP contribution in [-0.4, -0.2) is 6.01 Å². The highest BCUT2D eigenvalue weighted by Gasteiger charge is 2.03. The minimum Gasteiger partial charge on any atom is -0.187 e. The first kappa shape index (κ1) is 15.2. The lowest BCUT2D eigenvalue weighted by molar-refractivity contribution is 1.12. The molecule has 0 amide bonds. The standard InChI is InChI=1S/C19H22N2/c1-5-16-11-7-9-14(3)18(16)20-13-21-19-15(4)10-8-12-17(19)6-2/h7-12H,5-6H2,1-4H3. The molecule has 2 nitrogen and oxygen atoms in total. The zero-order chi connectivity index (χ0) is 15.2. The summed E-state index contributed by atoms with van der Waals surface area (Å²) >= 11 is 0. The van der Waals surface area contributed by atoms with Crippen molar-refractivity contribution >= 4 is 17.4 Å². The lowest BCUT2D eigenvalue weighted by Gasteiger charge is -2.05. The van der Waals surface area contributed by atoms with Crippen LogP contribution in [0.2, 0.25) is 0 Å². The summed E-state index contributed by atoms with van der Waals surface area (Å²) in [4.78, 5) is 8.94. The molecule has 0 atom stereocenters.